The standard InChI is InChI=1S/C18H32N4O7/c1-4-9(2)14(21-16(26)13(19)10(3)24)17(27)22-7-5-6-12(22)15(25)20-11(8-23)18(28)29/h9-14,23-24H,4-8,19H2,1-3H3,(H,20,25)(H,21,26)(H,28,29). The first-order chi connectivity index (χ1) is 13.5. The minimum atomic E-state index is -1.46. The van der Waals surface area contributed by atoms with Crippen molar-refractivity contribution >= 4 is 23.7 Å². The molecule has 0 aromatic heterocycles. The van der Waals surface area contributed by atoms with E-state index in [0.29, 0.717) is 19.3 Å². The maximum atomic E-state index is 13.1. The fourth-order valence-corrected chi connectivity index (χ4v) is 3.09. The maximum absolute atomic E-state index is 13.1. The third kappa shape index (κ3) is 6.38. The second-order valence-corrected chi connectivity index (χ2v) is 7.41. The van der Waals surface area contributed by atoms with Gasteiger partial charge in [0.2, 0.25) is 17.7 Å². The zero-order valence-corrected chi connectivity index (χ0v) is 17.0. The van der Waals surface area contributed by atoms with E-state index >= 15 is 0 Å². The Morgan fingerprint density at radius 3 is 2.31 bits per heavy atom. The molecule has 1 heterocycles. The van der Waals surface area contributed by atoms with E-state index in [1.165, 1.54) is 11.8 Å². The van der Waals surface area contributed by atoms with Crippen LogP contribution in [-0.2, 0) is 19.2 Å². The van der Waals surface area contributed by atoms with Gasteiger partial charge in [0.05, 0.1) is 12.7 Å². The lowest BCUT2D eigenvalue weighted by atomic mass is 9.96. The topological polar surface area (TPSA) is 182 Å². The Balaban J connectivity index is 2.97. The first-order valence-corrected chi connectivity index (χ1v) is 9.73. The second-order valence-electron chi connectivity index (χ2n) is 7.41. The number of nitrogens with zero attached hydrogens (tertiary/aromatic N) is 1. The number of aliphatic hydroxyl groups is 2. The summed E-state index contributed by atoms with van der Waals surface area (Å²) in [4.78, 5) is 50.3. The highest BCUT2D eigenvalue weighted by atomic mass is 16.4. The molecule has 166 valence electrons. The molecule has 6 unspecified atom stereocenters. The number of carbonyl (C=O) groups is 4. The molecule has 0 radical (unpaired) electrons. The summed E-state index contributed by atoms with van der Waals surface area (Å²) in [6.07, 6.45) is 0.342. The van der Waals surface area contributed by atoms with Gasteiger partial charge in [-0.2, -0.15) is 0 Å². The molecule has 11 heteroatoms. The molecule has 1 aliphatic rings. The number of nitrogens with one attached hydrogen (secondary N) is 2. The molecule has 1 saturated heterocycles. The van der Waals surface area contributed by atoms with Crippen LogP contribution in [0.4, 0.5) is 0 Å². The molecule has 29 heavy (non-hydrogen) atoms. The van der Waals surface area contributed by atoms with Crippen LogP contribution in [0, 0.1) is 5.92 Å². The summed E-state index contributed by atoms with van der Waals surface area (Å²) in [5.74, 6) is -3.47. The van der Waals surface area contributed by atoms with Gasteiger partial charge in [0.1, 0.15) is 24.2 Å². The van der Waals surface area contributed by atoms with Gasteiger partial charge in [-0.3, -0.25) is 14.4 Å². The highest BCUT2D eigenvalue weighted by Gasteiger charge is 2.40. The molecule has 11 nitrogen and oxygen atoms in total. The summed E-state index contributed by atoms with van der Waals surface area (Å²) >= 11 is 0. The van der Waals surface area contributed by atoms with Crippen molar-refractivity contribution in [1.29, 1.82) is 0 Å². The van der Waals surface area contributed by atoms with Crippen LogP contribution >= 0.6 is 0 Å². The fourth-order valence-electron chi connectivity index (χ4n) is 3.09. The number of carboxylic acids is 1. The Labute approximate surface area is 169 Å². The van der Waals surface area contributed by atoms with Gasteiger partial charge >= 0.3 is 5.97 Å². The Morgan fingerprint density at radius 2 is 1.83 bits per heavy atom. The molecule has 6 atom stereocenters. The van der Waals surface area contributed by atoms with Crippen LogP contribution < -0.4 is 16.4 Å². The highest BCUT2D eigenvalue weighted by molar-refractivity contribution is 5.94. The predicted octanol–water partition coefficient (Wildman–Crippen LogP) is -2.22. The molecule has 0 aromatic carbocycles. The third-order valence-electron chi connectivity index (χ3n) is 5.23. The van der Waals surface area contributed by atoms with E-state index in [4.69, 9.17) is 15.9 Å². The van der Waals surface area contributed by atoms with Gasteiger partial charge in [0.25, 0.3) is 0 Å². The van der Waals surface area contributed by atoms with Gasteiger partial charge < -0.3 is 36.6 Å². The highest BCUT2D eigenvalue weighted by Crippen LogP contribution is 2.21. The summed E-state index contributed by atoms with van der Waals surface area (Å²) in [5.41, 5.74) is 5.65. The van der Waals surface area contributed by atoms with Crippen LogP contribution in [0.1, 0.15) is 40.0 Å². The number of aliphatic hydroxyl groups excluding tert-OH is 2. The van der Waals surface area contributed by atoms with Crippen molar-refractivity contribution in [2.45, 2.75) is 70.3 Å². The molecule has 0 spiro atoms. The number of nitrogens with two attached hydrogens (primary N) is 1. The summed E-state index contributed by atoms with van der Waals surface area (Å²) in [6, 6.07) is -4.51. The quantitative estimate of drug-likeness (QED) is 0.231. The zero-order valence-electron chi connectivity index (χ0n) is 17.0. The first-order valence-electron chi connectivity index (χ1n) is 9.73. The average Bonchev–Trinajstić information content (AvgIpc) is 3.17. The van der Waals surface area contributed by atoms with Crippen LogP contribution in [0.25, 0.3) is 0 Å². The Bertz CT molecular complexity index is 613. The molecule has 1 fully saturated rings. The summed E-state index contributed by atoms with van der Waals surface area (Å²) in [7, 11) is 0. The van der Waals surface area contributed by atoms with E-state index in [9.17, 15) is 24.3 Å². The van der Waals surface area contributed by atoms with Crippen molar-refractivity contribution < 1.29 is 34.5 Å². The average molecular weight is 416 g/mol. The van der Waals surface area contributed by atoms with Crippen molar-refractivity contribution in [2.24, 2.45) is 11.7 Å². The van der Waals surface area contributed by atoms with E-state index in [2.05, 4.69) is 10.6 Å². The smallest absolute Gasteiger partial charge is 0.328 e. The second kappa shape index (κ2) is 11.1. The van der Waals surface area contributed by atoms with Crippen LogP contribution in [-0.4, -0.2) is 87.3 Å². The summed E-state index contributed by atoms with van der Waals surface area (Å²) in [5, 5.41) is 32.4. The van der Waals surface area contributed by atoms with E-state index in [-0.39, 0.29) is 12.5 Å². The van der Waals surface area contributed by atoms with E-state index in [1.807, 2.05) is 6.92 Å². The first kappa shape index (κ1) is 24.8. The molecule has 1 aliphatic heterocycles. The van der Waals surface area contributed by atoms with Crippen LogP contribution in [0.15, 0.2) is 0 Å². The lowest BCUT2D eigenvalue weighted by Crippen LogP contribution is -2.59. The molecule has 0 saturated carbocycles. The monoisotopic (exact) mass is 416 g/mol. The minimum absolute atomic E-state index is 0.263. The Kier molecular flexibility index (Phi) is 9.47. The van der Waals surface area contributed by atoms with Crippen molar-refractivity contribution in [3.8, 4) is 0 Å². The van der Waals surface area contributed by atoms with Crippen molar-refractivity contribution in [2.75, 3.05) is 13.2 Å². The van der Waals surface area contributed by atoms with Gasteiger partial charge in [-0.1, -0.05) is 20.3 Å². The number of aliphatic carboxylic acids is 1. The Morgan fingerprint density at radius 1 is 1.21 bits per heavy atom. The lowest BCUT2D eigenvalue weighted by molar-refractivity contribution is -0.146. The number of rotatable bonds is 10. The Hall–Kier alpha value is -2.24. The van der Waals surface area contributed by atoms with E-state index in [1.54, 1.807) is 6.92 Å². The van der Waals surface area contributed by atoms with Crippen LogP contribution in [0.3, 0.4) is 0 Å². The molecular formula is C18H32N4O7. The van der Waals surface area contributed by atoms with Gasteiger partial charge in [-0.05, 0) is 25.7 Å². The van der Waals surface area contributed by atoms with Crippen molar-refractivity contribution in [3.05, 3.63) is 0 Å². The third-order valence-corrected chi connectivity index (χ3v) is 5.23. The normalized spacial score (nSPS) is 21.6. The number of likely N-dealkylation sites (tertiary alicyclic amines) is 1. The van der Waals surface area contributed by atoms with Gasteiger partial charge in [0, 0.05) is 6.54 Å². The SMILES string of the molecule is CCC(C)C(NC(=O)C(N)C(C)O)C(=O)N1CCCC1C(=O)NC(CO)C(=O)O. The molecule has 3 amide bonds. The van der Waals surface area contributed by atoms with Gasteiger partial charge in [0.15, 0.2) is 0 Å². The summed E-state index contributed by atoms with van der Waals surface area (Å²) in [6.45, 7) is 4.49. The maximum Gasteiger partial charge on any atom is 0.328 e. The number of amides is 3. The zero-order chi connectivity index (χ0) is 22.3. The molecule has 0 aliphatic carbocycles. The van der Waals surface area contributed by atoms with Crippen LogP contribution in [0.5, 0.6) is 0 Å². The van der Waals surface area contributed by atoms with Crippen molar-refractivity contribution in [1.82, 2.24) is 15.5 Å². The molecule has 7 N–H and O–H groups in total. The summed E-state index contributed by atoms with van der Waals surface area (Å²) < 4.78 is 0. The number of carboxylic acid groups (broad SMARTS) is 1. The number of hydrogen-bond donors (Lipinski definition) is 6. The fraction of sp³-hybridized carbons (Fsp3) is 0.778. The van der Waals surface area contributed by atoms with Crippen molar-refractivity contribution in [3.63, 3.8) is 0 Å². The molecule has 0 bridgehead atoms. The molecular weight excluding hydrogens is 384 g/mol. The van der Waals surface area contributed by atoms with Gasteiger partial charge in [-0.25, -0.2) is 4.79 Å². The molecule has 0 aromatic rings. The lowest BCUT2D eigenvalue weighted by Gasteiger charge is -2.32. The van der Waals surface area contributed by atoms with E-state index in [0.717, 1.165) is 0 Å². The largest absolute Gasteiger partial charge is 0.480 e. The van der Waals surface area contributed by atoms with Gasteiger partial charge in [-0.15, -0.1) is 0 Å². The van der Waals surface area contributed by atoms with Crippen LogP contribution in [0.2, 0.25) is 0 Å². The number of hydrogen-bond acceptors (Lipinski definition) is 7. The minimum Gasteiger partial charge on any atom is -0.480 e. The predicted molar refractivity (Wildman–Crippen MR) is 102 cm³/mol. The van der Waals surface area contributed by atoms with E-state index < -0.39 is 60.6 Å². The number of carbonyl (C=O) groups excluding carboxylic acids is 3. The molecule has 1 rings (SSSR count).